The molecule has 1 amide bonds. The summed E-state index contributed by atoms with van der Waals surface area (Å²) in [5, 5.41) is 3.07. The minimum Gasteiger partial charge on any atom is -0.494 e. The average molecular weight is 333 g/mol. The van der Waals surface area contributed by atoms with Gasteiger partial charge < -0.3 is 14.8 Å². The summed E-state index contributed by atoms with van der Waals surface area (Å²) >= 11 is 0. The van der Waals surface area contributed by atoms with Crippen molar-refractivity contribution in [1.82, 2.24) is 0 Å². The van der Waals surface area contributed by atoms with Crippen LogP contribution in [0, 0.1) is 12.8 Å². The Labute approximate surface area is 145 Å². The van der Waals surface area contributed by atoms with Crippen LogP contribution in [-0.2, 0) is 9.53 Å². The van der Waals surface area contributed by atoms with Crippen molar-refractivity contribution in [2.75, 3.05) is 18.5 Å². The summed E-state index contributed by atoms with van der Waals surface area (Å²) in [6.45, 7) is 9.55. The number of rotatable bonds is 7. The molecular formula is C20H31NO3. The molecule has 1 aliphatic carbocycles. The summed E-state index contributed by atoms with van der Waals surface area (Å²) in [7, 11) is 0. The van der Waals surface area contributed by atoms with Gasteiger partial charge in [0, 0.05) is 12.3 Å². The molecule has 134 valence electrons. The number of benzene rings is 1. The second-order valence-electron chi connectivity index (χ2n) is 6.89. The largest absolute Gasteiger partial charge is 0.494 e. The number of nitrogens with one attached hydrogen (secondary N) is 1. The van der Waals surface area contributed by atoms with Gasteiger partial charge in [-0.05, 0) is 75.6 Å². The Hall–Kier alpha value is -1.55. The molecule has 0 heterocycles. The van der Waals surface area contributed by atoms with E-state index < -0.39 is 5.60 Å². The second kappa shape index (κ2) is 8.52. The quantitative estimate of drug-likeness (QED) is 0.786. The van der Waals surface area contributed by atoms with E-state index in [4.69, 9.17) is 9.47 Å². The molecule has 1 aliphatic rings. The van der Waals surface area contributed by atoms with Gasteiger partial charge in [-0.2, -0.15) is 0 Å². The number of aryl methyl sites for hydroxylation is 1. The Morgan fingerprint density at radius 2 is 2.00 bits per heavy atom. The Bertz CT molecular complexity index is 542. The zero-order valence-electron chi connectivity index (χ0n) is 15.5. The highest BCUT2D eigenvalue weighted by atomic mass is 16.5. The zero-order valence-corrected chi connectivity index (χ0v) is 15.5. The van der Waals surface area contributed by atoms with Crippen molar-refractivity contribution in [3.05, 3.63) is 23.8 Å². The van der Waals surface area contributed by atoms with E-state index in [0.29, 0.717) is 19.1 Å². The minimum atomic E-state index is -0.672. The Morgan fingerprint density at radius 3 is 2.58 bits per heavy atom. The van der Waals surface area contributed by atoms with Crippen LogP contribution in [0.3, 0.4) is 0 Å². The first kappa shape index (κ1) is 18.8. The number of anilines is 1. The lowest BCUT2D eigenvalue weighted by Crippen LogP contribution is -2.48. The summed E-state index contributed by atoms with van der Waals surface area (Å²) in [5.41, 5.74) is 1.16. The predicted octanol–water partition coefficient (Wildman–Crippen LogP) is 4.71. The van der Waals surface area contributed by atoms with Gasteiger partial charge in [0.15, 0.2) is 0 Å². The van der Waals surface area contributed by atoms with Gasteiger partial charge >= 0.3 is 0 Å². The maximum atomic E-state index is 13.0. The lowest BCUT2D eigenvalue weighted by atomic mass is 9.78. The molecule has 0 atom stereocenters. The van der Waals surface area contributed by atoms with Crippen LogP contribution >= 0.6 is 0 Å². The summed E-state index contributed by atoms with van der Waals surface area (Å²) in [6, 6.07) is 5.77. The van der Waals surface area contributed by atoms with Crippen molar-refractivity contribution < 1.29 is 14.3 Å². The van der Waals surface area contributed by atoms with E-state index >= 15 is 0 Å². The molecule has 1 fully saturated rings. The van der Waals surface area contributed by atoms with Crippen LogP contribution in [-0.4, -0.2) is 24.7 Å². The van der Waals surface area contributed by atoms with Gasteiger partial charge in [-0.1, -0.05) is 13.8 Å². The predicted molar refractivity (Wildman–Crippen MR) is 97.6 cm³/mol. The molecule has 0 unspecified atom stereocenters. The molecule has 0 aliphatic heterocycles. The minimum absolute atomic E-state index is 0.00795. The monoisotopic (exact) mass is 333 g/mol. The molecule has 4 heteroatoms. The molecule has 0 bridgehead atoms. The molecule has 24 heavy (non-hydrogen) atoms. The molecule has 2 rings (SSSR count). The summed E-state index contributed by atoms with van der Waals surface area (Å²) in [6.07, 6.45) is 4.61. The summed E-state index contributed by atoms with van der Waals surface area (Å²) < 4.78 is 11.6. The van der Waals surface area contributed by atoms with Crippen molar-refractivity contribution >= 4 is 11.6 Å². The van der Waals surface area contributed by atoms with Crippen molar-refractivity contribution in [3.8, 4) is 5.75 Å². The van der Waals surface area contributed by atoms with E-state index in [1.54, 1.807) is 0 Å². The standard InChI is InChI=1S/C20H31NO3/c1-5-13-24-20(11-9-15(3)10-12-20)19(22)21-17-7-8-18(23-6-2)16(4)14-17/h7-8,14-15H,5-6,9-13H2,1-4H3,(H,21,22). The molecule has 1 saturated carbocycles. The highest BCUT2D eigenvalue weighted by Gasteiger charge is 2.42. The van der Waals surface area contributed by atoms with Crippen LogP contribution in [0.25, 0.3) is 0 Å². The molecule has 0 saturated heterocycles. The van der Waals surface area contributed by atoms with E-state index in [0.717, 1.165) is 49.1 Å². The van der Waals surface area contributed by atoms with E-state index in [2.05, 4.69) is 19.2 Å². The number of hydrogen-bond donors (Lipinski definition) is 1. The third-order valence-corrected chi connectivity index (χ3v) is 4.81. The van der Waals surface area contributed by atoms with Crippen LogP contribution in [0.2, 0.25) is 0 Å². The summed E-state index contributed by atoms with van der Waals surface area (Å²) in [4.78, 5) is 13.0. The van der Waals surface area contributed by atoms with Gasteiger partial charge in [0.2, 0.25) is 0 Å². The smallest absolute Gasteiger partial charge is 0.256 e. The Kier molecular flexibility index (Phi) is 6.67. The maximum Gasteiger partial charge on any atom is 0.256 e. The van der Waals surface area contributed by atoms with E-state index in [9.17, 15) is 4.79 Å². The Balaban J connectivity index is 2.11. The van der Waals surface area contributed by atoms with Gasteiger partial charge in [-0.15, -0.1) is 0 Å². The van der Waals surface area contributed by atoms with Gasteiger partial charge in [0.05, 0.1) is 6.61 Å². The topological polar surface area (TPSA) is 47.6 Å². The SMILES string of the molecule is CCCOC1(C(=O)Nc2ccc(OCC)c(C)c2)CCC(C)CC1. The molecule has 0 radical (unpaired) electrons. The molecule has 1 aromatic carbocycles. The number of ether oxygens (including phenoxy) is 2. The molecule has 4 nitrogen and oxygen atoms in total. The van der Waals surface area contributed by atoms with Gasteiger partial charge in [0.25, 0.3) is 5.91 Å². The average Bonchev–Trinajstić information content (AvgIpc) is 2.57. The van der Waals surface area contributed by atoms with Crippen LogP contribution < -0.4 is 10.1 Å². The fraction of sp³-hybridized carbons (Fsp3) is 0.650. The van der Waals surface area contributed by atoms with Crippen LogP contribution in [0.5, 0.6) is 5.75 Å². The van der Waals surface area contributed by atoms with Crippen molar-refractivity contribution in [2.45, 2.75) is 65.4 Å². The fourth-order valence-electron chi connectivity index (χ4n) is 3.25. The zero-order chi connectivity index (χ0) is 17.6. The number of carbonyl (C=O) groups excluding carboxylic acids is 1. The second-order valence-corrected chi connectivity index (χ2v) is 6.89. The van der Waals surface area contributed by atoms with E-state index in [1.165, 1.54) is 0 Å². The fourth-order valence-corrected chi connectivity index (χ4v) is 3.25. The number of amides is 1. The van der Waals surface area contributed by atoms with Gasteiger partial charge in [0.1, 0.15) is 11.4 Å². The maximum absolute atomic E-state index is 13.0. The van der Waals surface area contributed by atoms with Crippen molar-refractivity contribution in [1.29, 1.82) is 0 Å². The number of hydrogen-bond acceptors (Lipinski definition) is 3. The number of carbonyl (C=O) groups is 1. The Morgan fingerprint density at radius 1 is 1.29 bits per heavy atom. The third-order valence-electron chi connectivity index (χ3n) is 4.81. The molecule has 0 aromatic heterocycles. The van der Waals surface area contributed by atoms with Crippen LogP contribution in [0.15, 0.2) is 18.2 Å². The van der Waals surface area contributed by atoms with Crippen molar-refractivity contribution in [2.24, 2.45) is 5.92 Å². The van der Waals surface area contributed by atoms with Gasteiger partial charge in [-0.25, -0.2) is 0 Å². The van der Waals surface area contributed by atoms with Crippen LogP contribution in [0.4, 0.5) is 5.69 Å². The third kappa shape index (κ3) is 4.50. The molecule has 1 N–H and O–H groups in total. The lowest BCUT2D eigenvalue weighted by molar-refractivity contribution is -0.147. The normalized spacial score (nSPS) is 23.8. The summed E-state index contributed by atoms with van der Waals surface area (Å²) in [5.74, 6) is 1.52. The van der Waals surface area contributed by atoms with E-state index in [-0.39, 0.29) is 5.91 Å². The first-order valence-electron chi connectivity index (χ1n) is 9.19. The highest BCUT2D eigenvalue weighted by Crippen LogP contribution is 2.36. The first-order valence-corrected chi connectivity index (χ1v) is 9.19. The molecule has 0 spiro atoms. The first-order chi connectivity index (χ1) is 11.5. The van der Waals surface area contributed by atoms with E-state index in [1.807, 2.05) is 32.0 Å². The highest BCUT2D eigenvalue weighted by molar-refractivity contribution is 5.97. The lowest BCUT2D eigenvalue weighted by Gasteiger charge is -2.38. The van der Waals surface area contributed by atoms with Crippen molar-refractivity contribution in [3.63, 3.8) is 0 Å². The molecule has 1 aromatic rings. The molecular weight excluding hydrogens is 302 g/mol. The van der Waals surface area contributed by atoms with Gasteiger partial charge in [-0.3, -0.25) is 4.79 Å². The van der Waals surface area contributed by atoms with Crippen LogP contribution in [0.1, 0.15) is 58.4 Å².